The van der Waals surface area contributed by atoms with Crippen LogP contribution in [0.15, 0.2) is 18.3 Å². The maximum Gasteiger partial charge on any atom is 0.255 e. The largest absolute Gasteiger partial charge is 0.354 e. The Kier molecular flexibility index (Phi) is 3.73. The molecule has 0 spiro atoms. The molecule has 0 aliphatic carbocycles. The van der Waals surface area contributed by atoms with E-state index in [2.05, 4.69) is 15.7 Å². The first kappa shape index (κ1) is 12.3. The Morgan fingerprint density at radius 1 is 1.44 bits per heavy atom. The van der Waals surface area contributed by atoms with Crippen LogP contribution in [-0.2, 0) is 4.79 Å². The molecular weight excluding hydrogens is 234 g/mol. The normalized spacial score (nSPS) is 15.8. The van der Waals surface area contributed by atoms with Crippen LogP contribution in [0.2, 0.25) is 0 Å². The topological polar surface area (TPSA) is 100 Å². The van der Waals surface area contributed by atoms with E-state index >= 15 is 0 Å². The third kappa shape index (κ3) is 2.75. The van der Waals surface area contributed by atoms with Gasteiger partial charge in [-0.3, -0.25) is 9.59 Å². The van der Waals surface area contributed by atoms with E-state index in [1.807, 2.05) is 0 Å². The number of amides is 2. The minimum atomic E-state index is -0.123. The molecule has 1 aromatic heterocycles. The third-order valence-electron chi connectivity index (χ3n) is 2.76. The van der Waals surface area contributed by atoms with Crippen LogP contribution in [0.4, 0.5) is 5.82 Å². The number of aromatic nitrogens is 1. The molecule has 1 saturated heterocycles. The van der Waals surface area contributed by atoms with Gasteiger partial charge in [-0.2, -0.15) is 0 Å². The van der Waals surface area contributed by atoms with Crippen molar-refractivity contribution in [2.24, 2.45) is 5.84 Å². The van der Waals surface area contributed by atoms with E-state index in [0.717, 1.165) is 0 Å². The standard InChI is InChI=1S/C11H15N5O2/c12-15-9-2-1-8(7-14-9)11(18)16-5-3-10(17)13-4-6-16/h1-2,7H,3-6,12H2,(H,13,17)(H,14,15). The molecule has 1 aliphatic rings. The lowest BCUT2D eigenvalue weighted by Crippen LogP contribution is -2.34. The summed E-state index contributed by atoms with van der Waals surface area (Å²) in [6.07, 6.45) is 1.80. The number of hydrogen-bond acceptors (Lipinski definition) is 5. The first-order valence-corrected chi connectivity index (χ1v) is 5.69. The minimum Gasteiger partial charge on any atom is -0.354 e. The van der Waals surface area contributed by atoms with Crippen molar-refractivity contribution in [2.45, 2.75) is 6.42 Å². The summed E-state index contributed by atoms with van der Waals surface area (Å²) in [5.41, 5.74) is 2.89. The second kappa shape index (κ2) is 5.46. The van der Waals surface area contributed by atoms with Gasteiger partial charge >= 0.3 is 0 Å². The summed E-state index contributed by atoms with van der Waals surface area (Å²) in [6, 6.07) is 3.29. The molecule has 0 unspecified atom stereocenters. The Balaban J connectivity index is 2.07. The van der Waals surface area contributed by atoms with Crippen LogP contribution < -0.4 is 16.6 Å². The molecule has 96 valence electrons. The zero-order chi connectivity index (χ0) is 13.0. The number of hydrogen-bond donors (Lipinski definition) is 3. The lowest BCUT2D eigenvalue weighted by molar-refractivity contribution is -0.120. The zero-order valence-electron chi connectivity index (χ0n) is 9.85. The van der Waals surface area contributed by atoms with Crippen molar-refractivity contribution in [3.8, 4) is 0 Å². The fourth-order valence-electron chi connectivity index (χ4n) is 1.76. The first-order valence-electron chi connectivity index (χ1n) is 5.69. The SMILES string of the molecule is NNc1ccc(C(=O)N2CCNC(=O)CC2)cn1. The highest BCUT2D eigenvalue weighted by Gasteiger charge is 2.19. The Bertz CT molecular complexity index is 445. The van der Waals surface area contributed by atoms with Gasteiger partial charge in [0.25, 0.3) is 5.91 Å². The van der Waals surface area contributed by atoms with E-state index < -0.39 is 0 Å². The average molecular weight is 249 g/mol. The number of carbonyl (C=O) groups is 2. The van der Waals surface area contributed by atoms with E-state index in [-0.39, 0.29) is 11.8 Å². The summed E-state index contributed by atoms with van der Waals surface area (Å²) < 4.78 is 0. The van der Waals surface area contributed by atoms with Gasteiger partial charge in [0.15, 0.2) is 0 Å². The quantitative estimate of drug-likeness (QED) is 0.477. The highest BCUT2D eigenvalue weighted by Crippen LogP contribution is 2.08. The number of pyridine rings is 1. The Labute approximate surface area is 104 Å². The molecule has 4 N–H and O–H groups in total. The Morgan fingerprint density at radius 2 is 2.28 bits per heavy atom. The molecule has 2 rings (SSSR count). The summed E-state index contributed by atoms with van der Waals surface area (Å²) in [7, 11) is 0. The highest BCUT2D eigenvalue weighted by atomic mass is 16.2. The highest BCUT2D eigenvalue weighted by molar-refractivity contribution is 5.94. The molecule has 0 aromatic carbocycles. The van der Waals surface area contributed by atoms with Gasteiger partial charge in [-0.15, -0.1) is 0 Å². The predicted octanol–water partition coefficient (Wildman–Crippen LogP) is -0.671. The van der Waals surface area contributed by atoms with E-state index in [1.165, 1.54) is 6.20 Å². The molecule has 0 bridgehead atoms. The van der Waals surface area contributed by atoms with Gasteiger partial charge in [0.1, 0.15) is 5.82 Å². The van der Waals surface area contributed by atoms with E-state index in [9.17, 15) is 9.59 Å². The van der Waals surface area contributed by atoms with Gasteiger partial charge < -0.3 is 15.6 Å². The summed E-state index contributed by atoms with van der Waals surface area (Å²) in [5, 5.41) is 2.72. The van der Waals surface area contributed by atoms with Crippen molar-refractivity contribution in [1.29, 1.82) is 0 Å². The fraction of sp³-hybridized carbons (Fsp3) is 0.364. The monoisotopic (exact) mass is 249 g/mol. The Hall–Kier alpha value is -2.15. The molecule has 1 aromatic rings. The molecule has 0 radical (unpaired) electrons. The van der Waals surface area contributed by atoms with Crippen molar-refractivity contribution in [1.82, 2.24) is 15.2 Å². The summed E-state index contributed by atoms with van der Waals surface area (Å²) in [5.74, 6) is 5.56. The number of nitrogens with two attached hydrogens (primary N) is 1. The van der Waals surface area contributed by atoms with Crippen molar-refractivity contribution in [3.63, 3.8) is 0 Å². The molecule has 2 amide bonds. The lowest BCUT2D eigenvalue weighted by Gasteiger charge is -2.19. The van der Waals surface area contributed by atoms with Gasteiger partial charge in [0.2, 0.25) is 5.91 Å². The number of nitrogens with one attached hydrogen (secondary N) is 2. The van der Waals surface area contributed by atoms with Crippen LogP contribution in [0, 0.1) is 0 Å². The van der Waals surface area contributed by atoms with Gasteiger partial charge in [-0.05, 0) is 12.1 Å². The van der Waals surface area contributed by atoms with E-state index in [1.54, 1.807) is 17.0 Å². The predicted molar refractivity (Wildman–Crippen MR) is 65.6 cm³/mol. The first-order chi connectivity index (χ1) is 8.70. The van der Waals surface area contributed by atoms with Crippen molar-refractivity contribution in [3.05, 3.63) is 23.9 Å². The lowest BCUT2D eigenvalue weighted by atomic mass is 10.2. The van der Waals surface area contributed by atoms with Crippen molar-refractivity contribution in [2.75, 3.05) is 25.1 Å². The molecule has 1 fully saturated rings. The van der Waals surface area contributed by atoms with Crippen molar-refractivity contribution >= 4 is 17.6 Å². The molecular formula is C11H15N5O2. The average Bonchev–Trinajstić information content (AvgIpc) is 2.63. The van der Waals surface area contributed by atoms with Crippen LogP contribution in [0.25, 0.3) is 0 Å². The fourth-order valence-corrected chi connectivity index (χ4v) is 1.76. The van der Waals surface area contributed by atoms with Crippen molar-refractivity contribution < 1.29 is 9.59 Å². The third-order valence-corrected chi connectivity index (χ3v) is 2.76. The number of nitrogen functional groups attached to an aromatic ring is 1. The van der Waals surface area contributed by atoms with Crippen LogP contribution in [0.1, 0.15) is 16.8 Å². The molecule has 7 nitrogen and oxygen atoms in total. The number of nitrogens with zero attached hydrogens (tertiary/aromatic N) is 2. The molecule has 0 atom stereocenters. The summed E-state index contributed by atoms with van der Waals surface area (Å²) in [6.45, 7) is 1.43. The van der Waals surface area contributed by atoms with Gasteiger partial charge in [0.05, 0.1) is 5.56 Å². The molecule has 2 heterocycles. The second-order valence-corrected chi connectivity index (χ2v) is 3.97. The molecule has 18 heavy (non-hydrogen) atoms. The van der Waals surface area contributed by atoms with E-state index in [0.29, 0.717) is 37.4 Å². The maximum absolute atomic E-state index is 12.2. The van der Waals surface area contributed by atoms with Gasteiger partial charge in [0, 0.05) is 32.3 Å². The number of hydrazine groups is 1. The second-order valence-electron chi connectivity index (χ2n) is 3.97. The Morgan fingerprint density at radius 3 is 2.94 bits per heavy atom. The summed E-state index contributed by atoms with van der Waals surface area (Å²) in [4.78, 5) is 29.0. The van der Waals surface area contributed by atoms with Crippen LogP contribution in [0.3, 0.4) is 0 Å². The molecule has 7 heteroatoms. The summed E-state index contributed by atoms with van der Waals surface area (Å²) >= 11 is 0. The van der Waals surface area contributed by atoms with E-state index in [4.69, 9.17) is 5.84 Å². The minimum absolute atomic E-state index is 0.0221. The van der Waals surface area contributed by atoms with Gasteiger partial charge in [-0.1, -0.05) is 0 Å². The number of rotatable bonds is 2. The number of carbonyl (C=O) groups excluding carboxylic acids is 2. The zero-order valence-corrected chi connectivity index (χ0v) is 9.85. The number of anilines is 1. The van der Waals surface area contributed by atoms with Gasteiger partial charge in [-0.25, -0.2) is 10.8 Å². The smallest absolute Gasteiger partial charge is 0.255 e. The van der Waals surface area contributed by atoms with Crippen LogP contribution in [0.5, 0.6) is 0 Å². The maximum atomic E-state index is 12.2. The molecule has 1 aliphatic heterocycles. The van der Waals surface area contributed by atoms with Crippen LogP contribution in [-0.4, -0.2) is 41.3 Å². The molecule has 0 saturated carbocycles. The van der Waals surface area contributed by atoms with Crippen LogP contribution >= 0.6 is 0 Å².